The first-order valence-electron chi connectivity index (χ1n) is 6.73. The average Bonchev–Trinajstić information content (AvgIpc) is 2.40. The summed E-state index contributed by atoms with van der Waals surface area (Å²) >= 11 is 0. The van der Waals surface area contributed by atoms with Crippen LogP contribution >= 0.6 is 0 Å². The van der Waals surface area contributed by atoms with Crippen molar-refractivity contribution < 1.29 is 0 Å². The molecule has 2 rings (SSSR count). The fourth-order valence-corrected chi connectivity index (χ4v) is 2.76. The van der Waals surface area contributed by atoms with Gasteiger partial charge in [-0.25, -0.2) is 0 Å². The van der Waals surface area contributed by atoms with Crippen molar-refractivity contribution in [3.8, 4) is 0 Å². The summed E-state index contributed by atoms with van der Waals surface area (Å²) in [6, 6.07) is 12.1. The van der Waals surface area contributed by atoms with Crippen molar-refractivity contribution in [3.05, 3.63) is 48.6 Å². The zero-order valence-corrected chi connectivity index (χ0v) is 10.7. The Labute approximate surface area is 105 Å². The minimum Gasteiger partial charge on any atom is -0.308 e. The molecule has 1 nitrogen and oxygen atoms in total. The fourth-order valence-electron chi connectivity index (χ4n) is 2.76. The quantitative estimate of drug-likeness (QED) is 0.773. The summed E-state index contributed by atoms with van der Waals surface area (Å²) in [6.07, 6.45) is 7.19. The van der Waals surface area contributed by atoms with E-state index in [9.17, 15) is 0 Å². The molecule has 1 aromatic rings. The predicted molar refractivity (Wildman–Crippen MR) is 74.2 cm³/mol. The highest BCUT2D eigenvalue weighted by molar-refractivity contribution is 5.20. The Balaban J connectivity index is 1.84. The molecule has 92 valence electrons. The third-order valence-electron chi connectivity index (χ3n) is 3.85. The van der Waals surface area contributed by atoms with Crippen molar-refractivity contribution >= 4 is 0 Å². The lowest BCUT2D eigenvalue weighted by molar-refractivity contribution is 0.333. The van der Waals surface area contributed by atoms with E-state index in [0.29, 0.717) is 12.1 Å². The van der Waals surface area contributed by atoms with Crippen LogP contribution in [0.3, 0.4) is 0 Å². The molecule has 1 aliphatic rings. The molecule has 1 unspecified atom stereocenters. The van der Waals surface area contributed by atoms with Gasteiger partial charge in [0.2, 0.25) is 0 Å². The summed E-state index contributed by atoms with van der Waals surface area (Å²) in [4.78, 5) is 0. The lowest BCUT2D eigenvalue weighted by Gasteiger charge is -2.30. The van der Waals surface area contributed by atoms with Crippen LogP contribution in [0.5, 0.6) is 0 Å². The number of hydrogen-bond acceptors (Lipinski definition) is 1. The van der Waals surface area contributed by atoms with Crippen LogP contribution in [0.1, 0.15) is 44.1 Å². The molecule has 1 N–H and O–H groups in total. The van der Waals surface area contributed by atoms with E-state index in [1.807, 2.05) is 6.08 Å². The standard InChI is InChI=1S/C16H23N/c1-3-13(2)17-16-11-9-15(10-12-16)14-7-5-4-6-8-14/h3-8,13,15-17H,1,9-12H2,2H3. The second kappa shape index (κ2) is 6.02. The zero-order chi connectivity index (χ0) is 12.1. The maximum atomic E-state index is 3.83. The second-order valence-electron chi connectivity index (χ2n) is 5.15. The van der Waals surface area contributed by atoms with Gasteiger partial charge in [0.25, 0.3) is 0 Å². The van der Waals surface area contributed by atoms with Crippen molar-refractivity contribution in [1.82, 2.24) is 5.32 Å². The minimum absolute atomic E-state index is 0.438. The van der Waals surface area contributed by atoms with Crippen molar-refractivity contribution in [3.63, 3.8) is 0 Å². The molecule has 17 heavy (non-hydrogen) atoms. The maximum Gasteiger partial charge on any atom is 0.0221 e. The summed E-state index contributed by atoms with van der Waals surface area (Å²) in [7, 11) is 0. The SMILES string of the molecule is C=CC(C)NC1CCC(c2ccccc2)CC1. The number of rotatable bonds is 4. The van der Waals surface area contributed by atoms with Crippen molar-refractivity contribution in [1.29, 1.82) is 0 Å². The number of nitrogens with one attached hydrogen (secondary N) is 1. The molecule has 0 bridgehead atoms. The molecule has 0 amide bonds. The highest BCUT2D eigenvalue weighted by atomic mass is 14.9. The Hall–Kier alpha value is -1.08. The molecule has 0 aromatic heterocycles. The van der Waals surface area contributed by atoms with Gasteiger partial charge in [-0.3, -0.25) is 0 Å². The monoisotopic (exact) mass is 229 g/mol. The van der Waals surface area contributed by atoms with E-state index < -0.39 is 0 Å². The molecule has 1 fully saturated rings. The summed E-state index contributed by atoms with van der Waals surface area (Å²) in [6.45, 7) is 6.00. The van der Waals surface area contributed by atoms with Gasteiger partial charge < -0.3 is 5.32 Å². The van der Waals surface area contributed by atoms with Gasteiger partial charge in [-0.15, -0.1) is 6.58 Å². The second-order valence-corrected chi connectivity index (χ2v) is 5.15. The highest BCUT2D eigenvalue weighted by Gasteiger charge is 2.22. The van der Waals surface area contributed by atoms with Gasteiger partial charge in [0.1, 0.15) is 0 Å². The number of hydrogen-bond donors (Lipinski definition) is 1. The fraction of sp³-hybridized carbons (Fsp3) is 0.500. The molecule has 1 aliphatic carbocycles. The Morgan fingerprint density at radius 2 is 1.82 bits per heavy atom. The Kier molecular flexibility index (Phi) is 4.38. The zero-order valence-electron chi connectivity index (χ0n) is 10.7. The molecule has 0 radical (unpaired) electrons. The molecule has 1 heteroatoms. The summed E-state index contributed by atoms with van der Waals surface area (Å²) in [5, 5.41) is 3.62. The number of benzene rings is 1. The molecule has 0 saturated heterocycles. The van der Waals surface area contributed by atoms with Crippen LogP contribution in [0.25, 0.3) is 0 Å². The van der Waals surface area contributed by atoms with Gasteiger partial charge in [-0.2, -0.15) is 0 Å². The van der Waals surface area contributed by atoms with Crippen LogP contribution in [-0.2, 0) is 0 Å². The van der Waals surface area contributed by atoms with Crippen LogP contribution in [-0.4, -0.2) is 12.1 Å². The first kappa shape index (κ1) is 12.4. The van der Waals surface area contributed by atoms with E-state index >= 15 is 0 Å². The van der Waals surface area contributed by atoms with Crippen molar-refractivity contribution in [2.24, 2.45) is 0 Å². The first-order valence-corrected chi connectivity index (χ1v) is 6.73. The van der Waals surface area contributed by atoms with Gasteiger partial charge >= 0.3 is 0 Å². The lowest BCUT2D eigenvalue weighted by atomic mass is 9.81. The van der Waals surface area contributed by atoms with Gasteiger partial charge in [0.15, 0.2) is 0 Å². The Bertz CT molecular complexity index is 336. The molecule has 1 aromatic carbocycles. The topological polar surface area (TPSA) is 12.0 Å². The van der Waals surface area contributed by atoms with E-state index in [2.05, 4.69) is 49.2 Å². The average molecular weight is 229 g/mol. The highest BCUT2D eigenvalue weighted by Crippen LogP contribution is 2.32. The molecule has 1 saturated carbocycles. The first-order chi connectivity index (χ1) is 8.29. The Morgan fingerprint density at radius 3 is 2.41 bits per heavy atom. The van der Waals surface area contributed by atoms with E-state index in [1.165, 1.54) is 31.2 Å². The maximum absolute atomic E-state index is 3.83. The molecule has 1 atom stereocenters. The van der Waals surface area contributed by atoms with E-state index in [1.54, 1.807) is 0 Å². The molecule has 0 aliphatic heterocycles. The third kappa shape index (κ3) is 3.44. The van der Waals surface area contributed by atoms with Gasteiger partial charge in [0.05, 0.1) is 0 Å². The summed E-state index contributed by atoms with van der Waals surface area (Å²) < 4.78 is 0. The molecule has 0 heterocycles. The smallest absolute Gasteiger partial charge is 0.0221 e. The molecular weight excluding hydrogens is 206 g/mol. The predicted octanol–water partition coefficient (Wildman–Crippen LogP) is 3.88. The normalized spacial score (nSPS) is 26.4. The van der Waals surface area contributed by atoms with Gasteiger partial charge in [-0.1, -0.05) is 36.4 Å². The van der Waals surface area contributed by atoms with Crippen LogP contribution < -0.4 is 5.32 Å². The van der Waals surface area contributed by atoms with Crippen LogP contribution in [0.4, 0.5) is 0 Å². The molecular formula is C16H23N. The van der Waals surface area contributed by atoms with E-state index in [-0.39, 0.29) is 0 Å². The van der Waals surface area contributed by atoms with Gasteiger partial charge in [0, 0.05) is 12.1 Å². The van der Waals surface area contributed by atoms with E-state index in [0.717, 1.165) is 5.92 Å². The Morgan fingerprint density at radius 1 is 1.18 bits per heavy atom. The molecule has 0 spiro atoms. The van der Waals surface area contributed by atoms with Crippen molar-refractivity contribution in [2.45, 2.75) is 50.6 Å². The lowest BCUT2D eigenvalue weighted by Crippen LogP contribution is -2.37. The summed E-state index contributed by atoms with van der Waals surface area (Å²) in [5.74, 6) is 0.772. The van der Waals surface area contributed by atoms with Crippen LogP contribution in [0.2, 0.25) is 0 Å². The van der Waals surface area contributed by atoms with Crippen LogP contribution in [0, 0.1) is 0 Å². The van der Waals surface area contributed by atoms with E-state index in [4.69, 9.17) is 0 Å². The minimum atomic E-state index is 0.438. The van der Waals surface area contributed by atoms with Gasteiger partial charge in [-0.05, 0) is 44.1 Å². The largest absolute Gasteiger partial charge is 0.308 e. The third-order valence-corrected chi connectivity index (χ3v) is 3.85. The van der Waals surface area contributed by atoms with Crippen molar-refractivity contribution in [2.75, 3.05) is 0 Å². The summed E-state index contributed by atoms with van der Waals surface area (Å²) in [5.41, 5.74) is 1.52. The van der Waals surface area contributed by atoms with Crippen LogP contribution in [0.15, 0.2) is 43.0 Å².